The van der Waals surface area contributed by atoms with Crippen molar-refractivity contribution in [2.45, 2.75) is 73.7 Å². The van der Waals surface area contributed by atoms with Gasteiger partial charge in [-0.2, -0.15) is 0 Å². The zero-order valence-electron chi connectivity index (χ0n) is 10.9. The summed E-state index contributed by atoms with van der Waals surface area (Å²) >= 11 is 0. The second-order valence-electron chi connectivity index (χ2n) is 4.93. The topological polar surface area (TPSA) is 42.1 Å². The van der Waals surface area contributed by atoms with Crippen LogP contribution in [-0.2, 0) is 9.47 Å². The van der Waals surface area contributed by atoms with Crippen LogP contribution in [0.3, 0.4) is 0 Å². The van der Waals surface area contributed by atoms with Gasteiger partial charge in [-0.3, -0.25) is 0 Å². The molecule has 2 heterocycles. The lowest BCUT2D eigenvalue weighted by Crippen LogP contribution is -2.42. The van der Waals surface area contributed by atoms with Crippen LogP contribution in [0.5, 0.6) is 0 Å². The third kappa shape index (κ3) is 5.71. The molecule has 0 radical (unpaired) electrons. The first kappa shape index (κ1) is 19.6. The Balaban J connectivity index is 0. The number of nitrogens with zero attached hydrogens (tertiary/aromatic N) is 1. The second kappa shape index (κ2) is 7.62. The summed E-state index contributed by atoms with van der Waals surface area (Å²) in [5, 5.41) is 0. The smallest absolute Gasteiger partial charge is 0.410 e. The van der Waals surface area contributed by atoms with Crippen LogP contribution in [0.4, 0.5) is 4.79 Å². The minimum Gasteiger partial charge on any atom is -0.444 e. The van der Waals surface area contributed by atoms with Gasteiger partial charge >= 0.3 is 6.09 Å². The van der Waals surface area contributed by atoms with Gasteiger partial charge in [0.15, 0.2) is 0 Å². The summed E-state index contributed by atoms with van der Waals surface area (Å²) in [6.07, 6.45) is 1.42. The molecule has 18 heavy (non-hydrogen) atoms. The van der Waals surface area contributed by atoms with Gasteiger partial charge in [0, 0.05) is 6.54 Å². The quantitative estimate of drug-likeness (QED) is 0.624. The van der Waals surface area contributed by atoms with Crippen molar-refractivity contribution in [3.63, 3.8) is 0 Å². The second-order valence-corrected chi connectivity index (χ2v) is 4.93. The van der Waals surface area contributed by atoms with Crippen LogP contribution >= 0.6 is 0 Å². The third-order valence-electron chi connectivity index (χ3n) is 2.42. The van der Waals surface area contributed by atoms with Crippen molar-refractivity contribution < 1.29 is 14.3 Å². The molecular weight excluding hydrogens is 230 g/mol. The molecule has 0 N–H and O–H groups in total. The van der Waals surface area contributed by atoms with Crippen molar-refractivity contribution in [2.24, 2.45) is 0 Å². The maximum Gasteiger partial charge on any atom is 0.410 e. The van der Waals surface area contributed by atoms with Crippen LogP contribution < -0.4 is 0 Å². The highest BCUT2D eigenvalue weighted by atomic mass is 16.6. The van der Waals surface area contributed by atoms with Gasteiger partial charge in [-0.25, -0.2) is 4.79 Å². The molecule has 2 aliphatic heterocycles. The van der Waals surface area contributed by atoms with E-state index in [-0.39, 0.29) is 27.1 Å². The number of hydrogen-bond acceptors (Lipinski definition) is 3. The van der Waals surface area contributed by atoms with Gasteiger partial charge in [-0.1, -0.05) is 28.7 Å². The largest absolute Gasteiger partial charge is 0.444 e. The lowest BCUT2D eigenvalue weighted by Gasteiger charge is -2.28. The number of fused-ring (bicyclic) bond motifs is 1. The van der Waals surface area contributed by atoms with Crippen molar-refractivity contribution in [1.82, 2.24) is 4.90 Å². The standard InChI is InChI=1S/C10H17NO3.C2H6.2CH4/c1-10(2,3)14-9(12)11-5-4-7-8(6-11)13-7;1-2;;/h7-8H,4-6H2,1-3H3;1-2H3;2*1H4/t7?,8-;;;/m0.../s1. The van der Waals surface area contributed by atoms with E-state index in [9.17, 15) is 4.79 Å². The van der Waals surface area contributed by atoms with Crippen LogP contribution in [0, 0.1) is 0 Å². The number of epoxide rings is 1. The first-order chi connectivity index (χ1) is 7.46. The Kier molecular flexibility index (Phi) is 8.28. The van der Waals surface area contributed by atoms with E-state index in [1.54, 1.807) is 4.90 Å². The third-order valence-corrected chi connectivity index (χ3v) is 2.42. The summed E-state index contributed by atoms with van der Waals surface area (Å²) in [6.45, 7) is 11.1. The van der Waals surface area contributed by atoms with E-state index < -0.39 is 5.60 Å². The van der Waals surface area contributed by atoms with Crippen molar-refractivity contribution in [1.29, 1.82) is 0 Å². The van der Waals surface area contributed by atoms with E-state index in [0.29, 0.717) is 12.6 Å². The Bertz CT molecular complexity index is 248. The van der Waals surface area contributed by atoms with Gasteiger partial charge in [-0.15, -0.1) is 0 Å². The van der Waals surface area contributed by atoms with E-state index in [0.717, 1.165) is 13.0 Å². The summed E-state index contributed by atoms with van der Waals surface area (Å²) in [5.74, 6) is 0. The Morgan fingerprint density at radius 2 is 1.78 bits per heavy atom. The van der Waals surface area contributed by atoms with E-state index in [2.05, 4.69) is 0 Å². The molecule has 0 saturated carbocycles. The summed E-state index contributed by atoms with van der Waals surface area (Å²) in [7, 11) is 0. The molecule has 0 bridgehead atoms. The molecule has 0 aromatic rings. The number of amides is 1. The van der Waals surface area contributed by atoms with Crippen molar-refractivity contribution in [2.75, 3.05) is 13.1 Å². The summed E-state index contributed by atoms with van der Waals surface area (Å²) in [4.78, 5) is 13.4. The number of piperidine rings is 1. The number of rotatable bonds is 0. The average molecular weight is 261 g/mol. The Morgan fingerprint density at radius 1 is 1.22 bits per heavy atom. The van der Waals surface area contributed by atoms with Crippen LogP contribution in [0.25, 0.3) is 0 Å². The van der Waals surface area contributed by atoms with Crippen LogP contribution in [0.15, 0.2) is 0 Å². The average Bonchev–Trinajstić information content (AvgIpc) is 2.95. The SMILES string of the molecule is C.C.CC.CC(C)(C)OC(=O)N1CCC2O[C@H]2C1. The molecule has 0 spiro atoms. The molecule has 2 rings (SSSR count). The zero-order chi connectivity index (χ0) is 12.3. The molecule has 2 saturated heterocycles. The van der Waals surface area contributed by atoms with Gasteiger partial charge < -0.3 is 14.4 Å². The molecule has 110 valence electrons. The number of ether oxygens (including phenoxy) is 2. The highest BCUT2D eigenvalue weighted by molar-refractivity contribution is 5.68. The highest BCUT2D eigenvalue weighted by Gasteiger charge is 2.45. The molecule has 2 aliphatic rings. The minimum absolute atomic E-state index is 0. The van der Waals surface area contributed by atoms with Crippen LogP contribution in [-0.4, -0.2) is 41.9 Å². The molecular formula is C14H31NO3. The molecule has 4 heteroatoms. The van der Waals surface area contributed by atoms with Crippen LogP contribution in [0.1, 0.15) is 55.9 Å². The monoisotopic (exact) mass is 261 g/mol. The molecule has 1 amide bonds. The van der Waals surface area contributed by atoms with Crippen LogP contribution in [0.2, 0.25) is 0 Å². The fourth-order valence-electron chi connectivity index (χ4n) is 1.68. The maximum absolute atomic E-state index is 11.6. The number of likely N-dealkylation sites (tertiary alicyclic amines) is 1. The Morgan fingerprint density at radius 3 is 2.22 bits per heavy atom. The van der Waals surface area contributed by atoms with E-state index >= 15 is 0 Å². The van der Waals surface area contributed by atoms with Crippen molar-refractivity contribution in [3.8, 4) is 0 Å². The van der Waals surface area contributed by atoms with Gasteiger partial charge in [0.05, 0.1) is 12.6 Å². The Labute approximate surface area is 113 Å². The summed E-state index contributed by atoms with van der Waals surface area (Å²) < 4.78 is 10.6. The maximum atomic E-state index is 11.6. The van der Waals surface area contributed by atoms with Gasteiger partial charge in [0.2, 0.25) is 0 Å². The lowest BCUT2D eigenvalue weighted by atomic mass is 10.1. The van der Waals surface area contributed by atoms with E-state index in [4.69, 9.17) is 9.47 Å². The predicted octanol–water partition coefficient (Wildman–Crippen LogP) is 3.69. The molecule has 0 aromatic heterocycles. The van der Waals surface area contributed by atoms with Gasteiger partial charge in [0.25, 0.3) is 0 Å². The van der Waals surface area contributed by atoms with E-state index in [1.807, 2.05) is 34.6 Å². The fourth-order valence-corrected chi connectivity index (χ4v) is 1.68. The van der Waals surface area contributed by atoms with Crippen molar-refractivity contribution in [3.05, 3.63) is 0 Å². The predicted molar refractivity (Wildman–Crippen MR) is 75.9 cm³/mol. The van der Waals surface area contributed by atoms with Gasteiger partial charge in [-0.05, 0) is 27.2 Å². The number of carbonyl (C=O) groups is 1. The molecule has 2 fully saturated rings. The normalized spacial score (nSPS) is 24.4. The molecule has 4 nitrogen and oxygen atoms in total. The first-order valence-electron chi connectivity index (χ1n) is 6.09. The minimum atomic E-state index is -0.404. The highest BCUT2D eigenvalue weighted by Crippen LogP contribution is 2.31. The zero-order valence-corrected chi connectivity index (χ0v) is 10.9. The van der Waals surface area contributed by atoms with Crippen molar-refractivity contribution >= 4 is 6.09 Å². The fraction of sp³-hybridized carbons (Fsp3) is 0.929. The molecule has 1 unspecified atom stereocenters. The first-order valence-corrected chi connectivity index (χ1v) is 6.09. The van der Waals surface area contributed by atoms with E-state index in [1.165, 1.54) is 0 Å². The van der Waals surface area contributed by atoms with Gasteiger partial charge in [0.1, 0.15) is 11.7 Å². The molecule has 0 aromatic carbocycles. The summed E-state index contributed by atoms with van der Waals surface area (Å²) in [6, 6.07) is 0. The summed E-state index contributed by atoms with van der Waals surface area (Å²) in [5.41, 5.74) is -0.404. The molecule has 0 aliphatic carbocycles. The number of carbonyl (C=O) groups excluding carboxylic acids is 1. The lowest BCUT2D eigenvalue weighted by molar-refractivity contribution is 0.0229. The molecule has 2 atom stereocenters. The Hall–Kier alpha value is -0.770. The number of hydrogen-bond donors (Lipinski definition) is 0.